The first-order valence-electron chi connectivity index (χ1n) is 6.93. The Labute approximate surface area is 120 Å². The van der Waals surface area contributed by atoms with Crippen molar-refractivity contribution in [1.29, 1.82) is 0 Å². The average molecular weight is 277 g/mol. The number of carbonyl (C=O) groups is 2. The van der Waals surface area contributed by atoms with E-state index in [2.05, 4.69) is 0 Å². The molecular weight excluding hydrogens is 254 g/mol. The lowest BCUT2D eigenvalue weighted by Crippen LogP contribution is -2.37. The number of benzene rings is 1. The average Bonchev–Trinajstić information content (AvgIpc) is 2.45. The van der Waals surface area contributed by atoms with E-state index in [1.54, 1.807) is 17.9 Å². The maximum Gasteiger partial charge on any atom is 0.310 e. The number of ether oxygens (including phenoxy) is 1. The zero-order valence-electron chi connectivity index (χ0n) is 12.7. The van der Waals surface area contributed by atoms with E-state index in [1.807, 2.05) is 32.0 Å². The van der Waals surface area contributed by atoms with Crippen molar-refractivity contribution in [2.45, 2.75) is 27.2 Å². The summed E-state index contributed by atoms with van der Waals surface area (Å²) in [5, 5.41) is 0. The number of nitrogens with zero attached hydrogens (tertiary/aromatic N) is 1. The second-order valence-electron chi connectivity index (χ2n) is 5.04. The predicted octanol–water partition coefficient (Wildman–Crippen LogP) is 2.66. The monoisotopic (exact) mass is 277 g/mol. The highest BCUT2D eigenvalue weighted by molar-refractivity contribution is 5.94. The number of methoxy groups -OCH3 is 1. The van der Waals surface area contributed by atoms with E-state index in [0.717, 1.165) is 12.0 Å². The molecule has 0 bridgehead atoms. The largest absolute Gasteiger partial charge is 0.469 e. The van der Waals surface area contributed by atoms with E-state index in [-0.39, 0.29) is 17.8 Å². The molecule has 0 aliphatic heterocycles. The highest BCUT2D eigenvalue weighted by Gasteiger charge is 2.21. The SMILES string of the molecule is CCCN(CC(C)C(=O)OC)C(=O)c1cccc(C)c1. The highest BCUT2D eigenvalue weighted by Crippen LogP contribution is 2.11. The molecule has 0 aliphatic rings. The molecule has 0 radical (unpaired) electrons. The van der Waals surface area contributed by atoms with Crippen LogP contribution in [0.15, 0.2) is 24.3 Å². The number of amides is 1. The van der Waals surface area contributed by atoms with Crippen molar-refractivity contribution in [2.75, 3.05) is 20.2 Å². The van der Waals surface area contributed by atoms with Gasteiger partial charge in [0.2, 0.25) is 0 Å². The van der Waals surface area contributed by atoms with Crippen LogP contribution in [-0.2, 0) is 9.53 Å². The van der Waals surface area contributed by atoms with Crippen LogP contribution in [0.25, 0.3) is 0 Å². The second-order valence-corrected chi connectivity index (χ2v) is 5.04. The van der Waals surface area contributed by atoms with Crippen LogP contribution in [0.4, 0.5) is 0 Å². The minimum absolute atomic E-state index is 0.0358. The molecule has 0 heterocycles. The first kappa shape index (κ1) is 16.2. The summed E-state index contributed by atoms with van der Waals surface area (Å²) in [5.74, 6) is -0.644. The van der Waals surface area contributed by atoms with Gasteiger partial charge < -0.3 is 9.64 Å². The Hall–Kier alpha value is -1.84. The van der Waals surface area contributed by atoms with Gasteiger partial charge >= 0.3 is 5.97 Å². The van der Waals surface area contributed by atoms with Crippen LogP contribution in [0.2, 0.25) is 0 Å². The fourth-order valence-electron chi connectivity index (χ4n) is 2.11. The van der Waals surface area contributed by atoms with Gasteiger partial charge in [-0.1, -0.05) is 31.5 Å². The topological polar surface area (TPSA) is 46.6 Å². The lowest BCUT2D eigenvalue weighted by atomic mass is 10.1. The molecule has 0 saturated carbocycles. The quantitative estimate of drug-likeness (QED) is 0.751. The normalized spacial score (nSPS) is 11.8. The third-order valence-corrected chi connectivity index (χ3v) is 3.14. The molecule has 1 rings (SSSR count). The van der Waals surface area contributed by atoms with Crippen molar-refractivity contribution in [2.24, 2.45) is 5.92 Å². The standard InChI is InChI=1S/C16H23NO3/c1-5-9-17(11-13(3)16(19)20-4)15(18)14-8-6-7-12(2)10-14/h6-8,10,13H,5,9,11H2,1-4H3. The Morgan fingerprint density at radius 1 is 1.35 bits per heavy atom. The smallest absolute Gasteiger partial charge is 0.310 e. The molecule has 0 N–H and O–H groups in total. The summed E-state index contributed by atoms with van der Waals surface area (Å²) in [6.07, 6.45) is 0.853. The summed E-state index contributed by atoms with van der Waals surface area (Å²) in [6.45, 7) is 6.76. The number of esters is 1. The zero-order chi connectivity index (χ0) is 15.1. The van der Waals surface area contributed by atoms with Crippen LogP contribution in [0, 0.1) is 12.8 Å². The number of rotatable bonds is 6. The molecule has 0 saturated heterocycles. The Kier molecular flexibility index (Phi) is 6.22. The van der Waals surface area contributed by atoms with Crippen molar-refractivity contribution in [3.05, 3.63) is 35.4 Å². The number of hydrogen-bond donors (Lipinski definition) is 0. The van der Waals surface area contributed by atoms with Crippen molar-refractivity contribution < 1.29 is 14.3 Å². The molecule has 4 nitrogen and oxygen atoms in total. The van der Waals surface area contributed by atoms with Crippen LogP contribution >= 0.6 is 0 Å². The summed E-state index contributed by atoms with van der Waals surface area (Å²) >= 11 is 0. The second kappa shape index (κ2) is 7.68. The van der Waals surface area contributed by atoms with Gasteiger partial charge in [-0.25, -0.2) is 0 Å². The van der Waals surface area contributed by atoms with Gasteiger partial charge in [0, 0.05) is 18.7 Å². The molecule has 110 valence electrons. The lowest BCUT2D eigenvalue weighted by molar-refractivity contribution is -0.145. The van der Waals surface area contributed by atoms with Crippen LogP contribution < -0.4 is 0 Å². The summed E-state index contributed by atoms with van der Waals surface area (Å²) in [5.41, 5.74) is 1.71. The summed E-state index contributed by atoms with van der Waals surface area (Å²) in [4.78, 5) is 25.7. The zero-order valence-corrected chi connectivity index (χ0v) is 12.7. The number of aryl methyl sites for hydroxylation is 1. The molecule has 1 amide bonds. The molecule has 20 heavy (non-hydrogen) atoms. The van der Waals surface area contributed by atoms with Gasteiger partial charge in [0.15, 0.2) is 0 Å². The molecule has 4 heteroatoms. The molecule has 0 aromatic heterocycles. The molecule has 1 atom stereocenters. The van der Waals surface area contributed by atoms with Crippen molar-refractivity contribution in [1.82, 2.24) is 4.90 Å². The molecular formula is C16H23NO3. The third-order valence-electron chi connectivity index (χ3n) is 3.14. The minimum atomic E-state index is -0.319. The van der Waals surface area contributed by atoms with Gasteiger partial charge in [0.05, 0.1) is 13.0 Å². The van der Waals surface area contributed by atoms with E-state index >= 15 is 0 Å². The molecule has 0 aliphatic carbocycles. The van der Waals surface area contributed by atoms with Crippen molar-refractivity contribution in [3.8, 4) is 0 Å². The predicted molar refractivity (Wildman–Crippen MR) is 78.6 cm³/mol. The van der Waals surface area contributed by atoms with E-state index in [1.165, 1.54) is 7.11 Å². The fourth-order valence-corrected chi connectivity index (χ4v) is 2.11. The van der Waals surface area contributed by atoms with E-state index in [0.29, 0.717) is 18.7 Å². The Balaban J connectivity index is 2.84. The molecule has 1 aromatic rings. The molecule has 0 fully saturated rings. The number of hydrogen-bond acceptors (Lipinski definition) is 3. The Morgan fingerprint density at radius 2 is 2.05 bits per heavy atom. The first-order chi connectivity index (χ1) is 9.49. The summed E-state index contributed by atoms with van der Waals surface area (Å²) in [6, 6.07) is 7.50. The van der Waals surface area contributed by atoms with Gasteiger partial charge in [-0.3, -0.25) is 9.59 Å². The highest BCUT2D eigenvalue weighted by atomic mass is 16.5. The fraction of sp³-hybridized carbons (Fsp3) is 0.500. The number of carbonyl (C=O) groups excluding carboxylic acids is 2. The van der Waals surface area contributed by atoms with Crippen LogP contribution in [0.5, 0.6) is 0 Å². The molecule has 1 aromatic carbocycles. The van der Waals surface area contributed by atoms with Gasteiger partial charge in [0.1, 0.15) is 0 Å². The van der Waals surface area contributed by atoms with Gasteiger partial charge in [0.25, 0.3) is 5.91 Å². The van der Waals surface area contributed by atoms with Crippen LogP contribution in [-0.4, -0.2) is 37.0 Å². The van der Waals surface area contributed by atoms with Gasteiger partial charge in [-0.05, 0) is 25.5 Å². The Morgan fingerprint density at radius 3 is 2.60 bits per heavy atom. The van der Waals surface area contributed by atoms with Gasteiger partial charge in [-0.15, -0.1) is 0 Å². The summed E-state index contributed by atoms with van der Waals surface area (Å²) < 4.78 is 4.72. The lowest BCUT2D eigenvalue weighted by Gasteiger charge is -2.24. The van der Waals surface area contributed by atoms with E-state index < -0.39 is 0 Å². The Bertz CT molecular complexity index is 471. The van der Waals surface area contributed by atoms with E-state index in [4.69, 9.17) is 4.74 Å². The van der Waals surface area contributed by atoms with Crippen LogP contribution in [0.1, 0.15) is 36.2 Å². The summed E-state index contributed by atoms with van der Waals surface area (Å²) in [7, 11) is 1.37. The van der Waals surface area contributed by atoms with Crippen molar-refractivity contribution >= 4 is 11.9 Å². The van der Waals surface area contributed by atoms with Crippen LogP contribution in [0.3, 0.4) is 0 Å². The minimum Gasteiger partial charge on any atom is -0.469 e. The maximum atomic E-state index is 12.5. The molecule has 1 unspecified atom stereocenters. The third kappa shape index (κ3) is 4.37. The maximum absolute atomic E-state index is 12.5. The van der Waals surface area contributed by atoms with Crippen molar-refractivity contribution in [3.63, 3.8) is 0 Å². The van der Waals surface area contributed by atoms with Gasteiger partial charge in [-0.2, -0.15) is 0 Å². The first-order valence-corrected chi connectivity index (χ1v) is 6.93. The molecule has 0 spiro atoms. The van der Waals surface area contributed by atoms with E-state index in [9.17, 15) is 9.59 Å².